The number of carboxylic acids is 1. The van der Waals surface area contributed by atoms with Crippen molar-refractivity contribution in [1.82, 2.24) is 0 Å². The van der Waals surface area contributed by atoms with Gasteiger partial charge >= 0.3 is 5.97 Å². The topological polar surface area (TPSA) is 123 Å². The van der Waals surface area contributed by atoms with Gasteiger partial charge in [0.15, 0.2) is 0 Å². The number of nitrogens with zero attached hydrogens (tertiary/aromatic N) is 3. The molecule has 0 heterocycles. The smallest absolute Gasteiger partial charge is 0.305 e. The van der Waals surface area contributed by atoms with Gasteiger partial charge in [0.2, 0.25) is 0 Å². The lowest BCUT2D eigenvalue weighted by Crippen LogP contribution is -2.13. The largest absolute Gasteiger partial charge is 0.481 e. The Morgan fingerprint density at radius 1 is 0.900 bits per heavy atom. The SMILES string of the molecule is [N-]=[N+]=NCCOCCOCCOCCOCCC(=O)O. The highest BCUT2D eigenvalue weighted by molar-refractivity contribution is 5.66. The van der Waals surface area contributed by atoms with Crippen LogP contribution in [0.3, 0.4) is 0 Å². The highest BCUT2D eigenvalue weighted by Gasteiger charge is 1.96. The van der Waals surface area contributed by atoms with Gasteiger partial charge in [0.05, 0.1) is 59.3 Å². The van der Waals surface area contributed by atoms with Gasteiger partial charge in [0.25, 0.3) is 0 Å². The van der Waals surface area contributed by atoms with Gasteiger partial charge in [-0.1, -0.05) is 5.11 Å². The minimum Gasteiger partial charge on any atom is -0.481 e. The molecule has 0 aromatic carbocycles. The van der Waals surface area contributed by atoms with E-state index in [1.165, 1.54) is 0 Å². The zero-order valence-electron chi connectivity index (χ0n) is 11.4. The summed E-state index contributed by atoms with van der Waals surface area (Å²) in [6, 6.07) is 0. The summed E-state index contributed by atoms with van der Waals surface area (Å²) < 4.78 is 20.6. The first-order valence-corrected chi connectivity index (χ1v) is 6.31. The molecule has 0 aliphatic rings. The second-order valence-corrected chi connectivity index (χ2v) is 3.55. The molecule has 0 fully saturated rings. The number of carbonyl (C=O) groups is 1. The summed E-state index contributed by atoms with van der Waals surface area (Å²) in [5.74, 6) is -0.874. The normalized spacial score (nSPS) is 10.2. The molecule has 0 aromatic rings. The Bertz CT molecular complexity index is 269. The molecule has 116 valence electrons. The molecule has 20 heavy (non-hydrogen) atoms. The van der Waals surface area contributed by atoms with Crippen LogP contribution in [0.2, 0.25) is 0 Å². The summed E-state index contributed by atoms with van der Waals surface area (Å²) in [5, 5.41) is 11.7. The Kier molecular flexibility index (Phi) is 14.6. The van der Waals surface area contributed by atoms with Gasteiger partial charge in [-0.3, -0.25) is 4.79 Å². The molecule has 0 aliphatic carbocycles. The van der Waals surface area contributed by atoms with Crippen molar-refractivity contribution in [2.75, 3.05) is 59.4 Å². The number of rotatable bonds is 15. The molecule has 9 nitrogen and oxygen atoms in total. The summed E-state index contributed by atoms with van der Waals surface area (Å²) in [5.41, 5.74) is 8.01. The predicted molar refractivity (Wildman–Crippen MR) is 69.5 cm³/mol. The Labute approximate surface area is 117 Å². The predicted octanol–water partition coefficient (Wildman–Crippen LogP) is 0.838. The number of ether oxygens (including phenoxy) is 4. The van der Waals surface area contributed by atoms with Crippen LogP contribution in [0, 0.1) is 0 Å². The van der Waals surface area contributed by atoms with Gasteiger partial charge in [0.1, 0.15) is 0 Å². The van der Waals surface area contributed by atoms with E-state index in [-0.39, 0.29) is 13.0 Å². The molecule has 0 rings (SSSR count). The van der Waals surface area contributed by atoms with Crippen LogP contribution in [0.15, 0.2) is 5.11 Å². The van der Waals surface area contributed by atoms with Gasteiger partial charge in [-0.25, -0.2) is 0 Å². The average molecular weight is 291 g/mol. The fraction of sp³-hybridized carbons (Fsp3) is 0.909. The maximum atomic E-state index is 10.2. The van der Waals surface area contributed by atoms with E-state index in [0.717, 1.165) is 0 Å². The molecule has 0 aliphatic heterocycles. The van der Waals surface area contributed by atoms with Gasteiger partial charge < -0.3 is 24.1 Å². The maximum Gasteiger partial charge on any atom is 0.305 e. The third-order valence-electron chi connectivity index (χ3n) is 1.98. The first kappa shape index (κ1) is 18.6. The van der Waals surface area contributed by atoms with Crippen LogP contribution < -0.4 is 0 Å². The number of carboxylic acid groups (broad SMARTS) is 1. The van der Waals surface area contributed by atoms with Gasteiger partial charge in [0, 0.05) is 11.5 Å². The molecule has 0 aromatic heterocycles. The molecule has 0 saturated carbocycles. The van der Waals surface area contributed by atoms with Crippen LogP contribution in [0.1, 0.15) is 6.42 Å². The summed E-state index contributed by atoms with van der Waals surface area (Å²) >= 11 is 0. The lowest BCUT2D eigenvalue weighted by molar-refractivity contribution is -0.138. The Hall–Kier alpha value is -1.38. The zero-order valence-corrected chi connectivity index (χ0v) is 11.4. The Morgan fingerprint density at radius 3 is 1.80 bits per heavy atom. The highest BCUT2D eigenvalue weighted by Crippen LogP contribution is 1.85. The van der Waals surface area contributed by atoms with E-state index in [1.807, 2.05) is 0 Å². The van der Waals surface area contributed by atoms with Crippen molar-refractivity contribution in [2.24, 2.45) is 5.11 Å². The summed E-state index contributed by atoms with van der Waals surface area (Å²) in [6.45, 7) is 3.48. The van der Waals surface area contributed by atoms with E-state index in [1.54, 1.807) is 0 Å². The van der Waals surface area contributed by atoms with Crippen LogP contribution >= 0.6 is 0 Å². The quantitative estimate of drug-likeness (QED) is 0.206. The minimum absolute atomic E-state index is 0.00277. The number of hydrogen-bond donors (Lipinski definition) is 1. The Balaban J connectivity index is 2.99. The molecule has 0 unspecified atom stereocenters. The van der Waals surface area contributed by atoms with Crippen molar-refractivity contribution in [1.29, 1.82) is 0 Å². The number of azide groups is 1. The van der Waals surface area contributed by atoms with Crippen molar-refractivity contribution < 1.29 is 28.8 Å². The monoisotopic (exact) mass is 291 g/mol. The standard InChI is InChI=1S/C11H21N3O6/c12-14-13-2-4-18-6-8-20-10-9-19-7-5-17-3-1-11(15)16/h1-10H2,(H,15,16). The third-order valence-corrected chi connectivity index (χ3v) is 1.98. The second-order valence-electron chi connectivity index (χ2n) is 3.55. The molecule has 0 radical (unpaired) electrons. The summed E-state index contributed by atoms with van der Waals surface area (Å²) in [6.07, 6.45) is 0.00277. The van der Waals surface area contributed by atoms with E-state index >= 15 is 0 Å². The molecule has 1 N–H and O–H groups in total. The fourth-order valence-electron chi connectivity index (χ4n) is 1.07. The van der Waals surface area contributed by atoms with Crippen molar-refractivity contribution in [3.05, 3.63) is 10.4 Å². The molecule has 0 atom stereocenters. The second kappa shape index (κ2) is 15.7. The van der Waals surface area contributed by atoms with Crippen molar-refractivity contribution >= 4 is 5.97 Å². The lowest BCUT2D eigenvalue weighted by Gasteiger charge is -2.06. The number of hydrogen-bond acceptors (Lipinski definition) is 6. The molecule has 0 bridgehead atoms. The van der Waals surface area contributed by atoms with Crippen molar-refractivity contribution in [3.8, 4) is 0 Å². The molecule has 9 heteroatoms. The van der Waals surface area contributed by atoms with Crippen LogP contribution in [0.25, 0.3) is 10.4 Å². The Morgan fingerprint density at radius 2 is 1.35 bits per heavy atom. The third kappa shape index (κ3) is 16.6. The van der Waals surface area contributed by atoms with Crippen LogP contribution in [0.5, 0.6) is 0 Å². The van der Waals surface area contributed by atoms with E-state index in [4.69, 9.17) is 29.6 Å². The van der Waals surface area contributed by atoms with E-state index in [2.05, 4.69) is 10.0 Å². The summed E-state index contributed by atoms with van der Waals surface area (Å²) in [7, 11) is 0. The van der Waals surface area contributed by atoms with Gasteiger partial charge in [-0.05, 0) is 5.53 Å². The fourth-order valence-corrected chi connectivity index (χ4v) is 1.07. The zero-order chi connectivity index (χ0) is 14.9. The van der Waals surface area contributed by atoms with Gasteiger partial charge in [-0.2, -0.15) is 0 Å². The molecule has 0 amide bonds. The van der Waals surface area contributed by atoms with Crippen LogP contribution in [-0.4, -0.2) is 70.5 Å². The van der Waals surface area contributed by atoms with Crippen LogP contribution in [0.4, 0.5) is 0 Å². The van der Waals surface area contributed by atoms with E-state index in [9.17, 15) is 4.79 Å². The summed E-state index contributed by atoms with van der Waals surface area (Å²) in [4.78, 5) is 12.8. The molecular weight excluding hydrogens is 270 g/mol. The van der Waals surface area contributed by atoms with Crippen molar-refractivity contribution in [3.63, 3.8) is 0 Å². The highest BCUT2D eigenvalue weighted by atomic mass is 16.6. The number of aliphatic carboxylic acids is 1. The maximum absolute atomic E-state index is 10.2. The van der Waals surface area contributed by atoms with Crippen molar-refractivity contribution in [2.45, 2.75) is 6.42 Å². The molecule has 0 spiro atoms. The lowest BCUT2D eigenvalue weighted by atomic mass is 10.5. The van der Waals surface area contributed by atoms with Crippen LogP contribution in [-0.2, 0) is 23.7 Å². The molecule has 0 saturated heterocycles. The first-order valence-electron chi connectivity index (χ1n) is 6.31. The average Bonchev–Trinajstić information content (AvgIpc) is 2.43. The minimum atomic E-state index is -0.874. The van der Waals surface area contributed by atoms with Gasteiger partial charge in [-0.15, -0.1) is 0 Å². The van der Waals surface area contributed by atoms with E-state index in [0.29, 0.717) is 52.8 Å². The molecular formula is C11H21N3O6. The van der Waals surface area contributed by atoms with E-state index < -0.39 is 5.97 Å². The first-order chi connectivity index (χ1) is 9.77.